The van der Waals surface area contributed by atoms with E-state index in [1.807, 2.05) is 19.1 Å². The van der Waals surface area contributed by atoms with Crippen molar-refractivity contribution in [2.45, 2.75) is 11.8 Å². The highest BCUT2D eigenvalue weighted by Crippen LogP contribution is 2.10. The van der Waals surface area contributed by atoms with Crippen LogP contribution < -0.4 is 0 Å². The highest BCUT2D eigenvalue weighted by atomic mass is 32.2. The van der Waals surface area contributed by atoms with Gasteiger partial charge in [0.25, 0.3) is 0 Å². The van der Waals surface area contributed by atoms with E-state index < -0.39 is 9.84 Å². The van der Waals surface area contributed by atoms with Gasteiger partial charge in [-0.05, 0) is 19.1 Å². The zero-order chi connectivity index (χ0) is 9.19. The second kappa shape index (κ2) is 3.31. The highest BCUT2D eigenvalue weighted by molar-refractivity contribution is 7.92. The van der Waals surface area contributed by atoms with Gasteiger partial charge in [-0.1, -0.05) is 17.7 Å². The summed E-state index contributed by atoms with van der Waals surface area (Å²) < 4.78 is 22.6. The van der Waals surface area contributed by atoms with Crippen LogP contribution in [0, 0.1) is 6.92 Å². The quantitative estimate of drug-likeness (QED) is 0.619. The first-order valence-electron chi connectivity index (χ1n) is 3.85. The van der Waals surface area contributed by atoms with E-state index in [9.17, 15) is 8.42 Å². The normalized spacial score (nSPS) is 11.4. The van der Waals surface area contributed by atoms with Crippen LogP contribution in [-0.4, -0.2) is 21.9 Å². The molecule has 1 rings (SSSR count). The summed E-state index contributed by atoms with van der Waals surface area (Å²) in [6, 6.07) is 6.91. The Morgan fingerprint density at radius 3 is 2.17 bits per heavy atom. The van der Waals surface area contributed by atoms with Gasteiger partial charge < -0.3 is 0 Å². The summed E-state index contributed by atoms with van der Waals surface area (Å²) in [4.78, 5) is 0.413. The molecule has 12 heavy (non-hydrogen) atoms. The predicted octanol–water partition coefficient (Wildman–Crippen LogP) is 0.359. The second-order valence-corrected chi connectivity index (χ2v) is 4.99. The summed E-state index contributed by atoms with van der Waals surface area (Å²) in [7, 11) is -1.37. The molecule has 1 aromatic carbocycles. The molecule has 0 amide bonds. The smallest absolute Gasteiger partial charge is 0.170 e. The van der Waals surface area contributed by atoms with E-state index in [-0.39, 0.29) is 5.65 Å². The van der Waals surface area contributed by atoms with E-state index in [4.69, 9.17) is 0 Å². The molecule has 64 valence electrons. The van der Waals surface area contributed by atoms with Crippen LogP contribution in [0.1, 0.15) is 5.56 Å². The van der Waals surface area contributed by atoms with Crippen LogP contribution in [0.2, 0.25) is 0 Å². The number of aryl methyl sites for hydroxylation is 1. The number of rotatable bonds is 2. The van der Waals surface area contributed by atoms with Crippen molar-refractivity contribution in [3.8, 4) is 0 Å². The lowest BCUT2D eigenvalue weighted by molar-refractivity contribution is 0.600. The summed E-state index contributed by atoms with van der Waals surface area (Å²) in [6.07, 6.45) is 0. The maximum Gasteiger partial charge on any atom is 0.170 e. The fourth-order valence-electron chi connectivity index (χ4n) is 0.912. The van der Waals surface area contributed by atoms with Crippen LogP contribution in [0.3, 0.4) is 0 Å². The summed E-state index contributed by atoms with van der Waals surface area (Å²) >= 11 is 0. The van der Waals surface area contributed by atoms with Crippen molar-refractivity contribution in [3.05, 3.63) is 29.8 Å². The Morgan fingerprint density at radius 2 is 1.75 bits per heavy atom. The lowest BCUT2D eigenvalue weighted by atomic mass is 10.2. The van der Waals surface area contributed by atoms with E-state index in [0.29, 0.717) is 4.90 Å². The minimum absolute atomic E-state index is 0.163. The topological polar surface area (TPSA) is 34.1 Å². The van der Waals surface area contributed by atoms with Gasteiger partial charge in [-0.3, -0.25) is 0 Å². The first-order valence-corrected chi connectivity index (χ1v) is 5.51. The van der Waals surface area contributed by atoms with Crippen molar-refractivity contribution in [1.82, 2.24) is 0 Å². The van der Waals surface area contributed by atoms with Crippen molar-refractivity contribution in [1.29, 1.82) is 0 Å². The number of hydrogen-bond acceptors (Lipinski definition) is 2. The Labute approximate surface area is 73.9 Å². The lowest BCUT2D eigenvalue weighted by Gasteiger charge is -2.00. The van der Waals surface area contributed by atoms with Crippen molar-refractivity contribution in [3.63, 3.8) is 0 Å². The molecule has 0 saturated carbocycles. The number of benzene rings is 1. The molecule has 0 unspecified atom stereocenters. The minimum atomic E-state index is -3.01. The molecule has 0 fully saturated rings. The minimum Gasteiger partial charge on any atom is -0.224 e. The Balaban J connectivity index is 3.14. The van der Waals surface area contributed by atoms with Crippen LogP contribution in [0.5, 0.6) is 0 Å². The van der Waals surface area contributed by atoms with Gasteiger partial charge in [-0.25, -0.2) is 8.42 Å². The Hall–Kier alpha value is -0.765. The Kier molecular flexibility index (Phi) is 2.57. The fourth-order valence-corrected chi connectivity index (χ4v) is 1.80. The van der Waals surface area contributed by atoms with Gasteiger partial charge in [0.2, 0.25) is 0 Å². The lowest BCUT2D eigenvalue weighted by Crippen LogP contribution is -2.05. The molecule has 0 spiro atoms. The maximum atomic E-state index is 11.3. The molecule has 0 aliphatic heterocycles. The van der Waals surface area contributed by atoms with Gasteiger partial charge in [-0.15, -0.1) is 0 Å². The Bertz CT molecular complexity index is 353. The molecule has 0 saturated heterocycles. The van der Waals surface area contributed by atoms with Gasteiger partial charge in [0, 0.05) is 5.65 Å². The molecule has 0 aliphatic rings. The summed E-state index contributed by atoms with van der Waals surface area (Å²) in [5, 5.41) is 0. The third-order valence-electron chi connectivity index (χ3n) is 1.76. The third kappa shape index (κ3) is 1.88. The highest BCUT2D eigenvalue weighted by Gasteiger charge is 2.09. The summed E-state index contributed by atoms with van der Waals surface area (Å²) in [5.41, 5.74) is 1.24. The molecule has 1 aromatic rings. The van der Waals surface area contributed by atoms with E-state index in [2.05, 4.69) is 0 Å². The summed E-state index contributed by atoms with van der Waals surface area (Å²) in [5.74, 6) is 0. The van der Waals surface area contributed by atoms with Crippen molar-refractivity contribution in [2.24, 2.45) is 0 Å². The SMILES string of the molecule is BCS(=O)(=O)c1ccc(C)cc1. The maximum absolute atomic E-state index is 11.3. The molecule has 0 aliphatic carbocycles. The van der Waals surface area contributed by atoms with Crippen LogP contribution in [0.15, 0.2) is 29.2 Å². The predicted molar refractivity (Wildman–Crippen MR) is 51.8 cm³/mol. The third-order valence-corrected chi connectivity index (χ3v) is 3.51. The molecule has 0 heterocycles. The zero-order valence-electron chi connectivity index (χ0n) is 7.24. The number of sulfone groups is 1. The number of hydrogen-bond donors (Lipinski definition) is 0. The van der Waals surface area contributed by atoms with E-state index in [1.54, 1.807) is 20.0 Å². The van der Waals surface area contributed by atoms with Gasteiger partial charge >= 0.3 is 0 Å². The van der Waals surface area contributed by atoms with E-state index in [0.717, 1.165) is 5.56 Å². The molecular formula is C8H11BO2S. The molecule has 2 nitrogen and oxygen atoms in total. The van der Waals surface area contributed by atoms with Gasteiger partial charge in [-0.2, -0.15) is 0 Å². The van der Waals surface area contributed by atoms with E-state index in [1.165, 1.54) is 0 Å². The molecule has 4 heteroatoms. The fraction of sp³-hybridized carbons (Fsp3) is 0.250. The van der Waals surface area contributed by atoms with E-state index >= 15 is 0 Å². The molecule has 0 N–H and O–H groups in total. The summed E-state index contributed by atoms with van der Waals surface area (Å²) in [6.45, 7) is 1.93. The van der Waals surface area contributed by atoms with Gasteiger partial charge in [0.1, 0.15) is 7.85 Å². The average Bonchev–Trinajstić information content (AvgIpc) is 2.05. The largest absolute Gasteiger partial charge is 0.224 e. The van der Waals surface area contributed by atoms with Crippen molar-refractivity contribution < 1.29 is 8.42 Å². The van der Waals surface area contributed by atoms with Gasteiger partial charge in [0.05, 0.1) is 4.90 Å². The molecule has 0 bridgehead atoms. The standard InChI is InChI=1S/C8H11BO2S/c1-7-2-4-8(5-3-7)12(10,11)6-9/h2-5H,6,9H2,1H3. The molecule has 0 radical (unpaired) electrons. The van der Waals surface area contributed by atoms with Crippen LogP contribution in [-0.2, 0) is 9.84 Å². The van der Waals surface area contributed by atoms with Crippen LogP contribution in [0.25, 0.3) is 0 Å². The zero-order valence-corrected chi connectivity index (χ0v) is 8.06. The molecule has 0 atom stereocenters. The Morgan fingerprint density at radius 1 is 1.25 bits per heavy atom. The first kappa shape index (κ1) is 9.32. The first-order chi connectivity index (χ1) is 5.56. The van der Waals surface area contributed by atoms with Crippen molar-refractivity contribution >= 4 is 17.7 Å². The van der Waals surface area contributed by atoms with Crippen LogP contribution >= 0.6 is 0 Å². The molecule has 0 aromatic heterocycles. The van der Waals surface area contributed by atoms with Crippen LogP contribution in [0.4, 0.5) is 0 Å². The van der Waals surface area contributed by atoms with Gasteiger partial charge in [0.15, 0.2) is 9.84 Å². The second-order valence-electron chi connectivity index (χ2n) is 2.72. The molecular weight excluding hydrogens is 171 g/mol. The monoisotopic (exact) mass is 182 g/mol. The average molecular weight is 182 g/mol. The van der Waals surface area contributed by atoms with Crippen molar-refractivity contribution in [2.75, 3.05) is 5.65 Å².